The maximum absolute atomic E-state index is 12.2. The molecular weight excluding hydrogens is 350 g/mol. The number of aromatic nitrogens is 1. The predicted molar refractivity (Wildman–Crippen MR) is 103 cm³/mol. The highest BCUT2D eigenvalue weighted by Gasteiger charge is 2.04. The molecule has 1 N–H and O–H groups in total. The van der Waals surface area contributed by atoms with Crippen LogP contribution in [-0.2, 0) is 17.8 Å². The van der Waals surface area contributed by atoms with Crippen molar-refractivity contribution < 1.29 is 9.90 Å². The van der Waals surface area contributed by atoms with Gasteiger partial charge in [0.25, 0.3) is 5.56 Å². The zero-order valence-corrected chi connectivity index (χ0v) is 14.8. The molecule has 0 saturated carbocycles. The smallest absolute Gasteiger partial charge is 0.303 e. The van der Waals surface area contributed by atoms with E-state index in [1.165, 1.54) is 0 Å². The molecule has 26 heavy (non-hydrogen) atoms. The molecule has 5 heteroatoms. The summed E-state index contributed by atoms with van der Waals surface area (Å²) in [6, 6.07) is 18.5. The fourth-order valence-corrected chi connectivity index (χ4v) is 2.85. The maximum Gasteiger partial charge on any atom is 0.303 e. The third kappa shape index (κ3) is 4.61. The number of halogens is 1. The molecule has 3 rings (SSSR count). The first-order valence-electron chi connectivity index (χ1n) is 8.27. The van der Waals surface area contributed by atoms with E-state index in [1.54, 1.807) is 16.7 Å². The summed E-state index contributed by atoms with van der Waals surface area (Å²) in [5.74, 6) is -0.802. The summed E-state index contributed by atoms with van der Waals surface area (Å²) >= 11 is 5.90. The molecule has 0 atom stereocenters. The summed E-state index contributed by atoms with van der Waals surface area (Å²) in [4.78, 5) is 22.8. The van der Waals surface area contributed by atoms with Gasteiger partial charge in [0.2, 0.25) is 0 Å². The number of rotatable bonds is 6. The van der Waals surface area contributed by atoms with Crippen LogP contribution in [0.2, 0.25) is 5.02 Å². The van der Waals surface area contributed by atoms with Gasteiger partial charge in [-0.2, -0.15) is 0 Å². The Balaban J connectivity index is 1.81. The van der Waals surface area contributed by atoms with Crippen LogP contribution in [0.1, 0.15) is 17.5 Å². The summed E-state index contributed by atoms with van der Waals surface area (Å²) in [5.41, 5.74) is 3.82. The lowest BCUT2D eigenvalue weighted by atomic mass is 10.0. The van der Waals surface area contributed by atoms with Crippen LogP contribution in [0.15, 0.2) is 71.7 Å². The van der Waals surface area contributed by atoms with E-state index in [-0.39, 0.29) is 12.0 Å². The van der Waals surface area contributed by atoms with Crippen molar-refractivity contribution in [3.05, 3.63) is 93.4 Å². The Labute approximate surface area is 156 Å². The van der Waals surface area contributed by atoms with Crippen molar-refractivity contribution in [1.29, 1.82) is 0 Å². The summed E-state index contributed by atoms with van der Waals surface area (Å²) in [6.07, 6.45) is 2.46. The van der Waals surface area contributed by atoms with E-state index in [2.05, 4.69) is 0 Å². The molecule has 0 fully saturated rings. The molecule has 0 radical (unpaired) electrons. The Bertz CT molecular complexity index is 960. The Kier molecular flexibility index (Phi) is 5.54. The normalized spacial score (nSPS) is 10.7. The van der Waals surface area contributed by atoms with Gasteiger partial charge in [0.15, 0.2) is 0 Å². The van der Waals surface area contributed by atoms with Crippen molar-refractivity contribution in [1.82, 2.24) is 4.57 Å². The van der Waals surface area contributed by atoms with Gasteiger partial charge < -0.3 is 9.67 Å². The molecule has 2 aromatic carbocycles. The Hall–Kier alpha value is -2.85. The zero-order chi connectivity index (χ0) is 18.5. The van der Waals surface area contributed by atoms with E-state index in [0.717, 1.165) is 22.3 Å². The lowest BCUT2D eigenvalue weighted by Gasteiger charge is -2.09. The second-order valence-corrected chi connectivity index (χ2v) is 6.54. The maximum atomic E-state index is 12.2. The Morgan fingerprint density at radius 2 is 1.50 bits per heavy atom. The molecule has 0 amide bonds. The van der Waals surface area contributed by atoms with Crippen LogP contribution in [0, 0.1) is 0 Å². The number of carboxylic acids is 1. The highest BCUT2D eigenvalue weighted by atomic mass is 35.5. The highest BCUT2D eigenvalue weighted by molar-refractivity contribution is 6.30. The lowest BCUT2D eigenvalue weighted by molar-refractivity contribution is -0.136. The third-order valence-corrected chi connectivity index (χ3v) is 4.42. The van der Waals surface area contributed by atoms with Crippen molar-refractivity contribution in [2.24, 2.45) is 0 Å². The molecule has 0 aliphatic heterocycles. The molecule has 0 aliphatic rings. The zero-order valence-electron chi connectivity index (χ0n) is 14.1. The molecule has 0 aliphatic carbocycles. The Morgan fingerprint density at radius 3 is 2.15 bits per heavy atom. The van der Waals surface area contributed by atoms with Gasteiger partial charge in [-0.05, 0) is 46.9 Å². The van der Waals surface area contributed by atoms with Crippen molar-refractivity contribution in [2.45, 2.75) is 19.4 Å². The number of aliphatic carboxylic acids is 1. The van der Waals surface area contributed by atoms with E-state index in [1.807, 2.05) is 54.7 Å². The van der Waals surface area contributed by atoms with E-state index >= 15 is 0 Å². The molecule has 1 aromatic heterocycles. The number of aryl methyl sites for hydroxylation is 1. The minimum Gasteiger partial charge on any atom is -0.481 e. The number of carbonyl (C=O) groups is 1. The number of hydrogen-bond donors (Lipinski definition) is 1. The fourth-order valence-electron chi connectivity index (χ4n) is 2.73. The summed E-state index contributed by atoms with van der Waals surface area (Å²) in [5, 5.41) is 9.43. The van der Waals surface area contributed by atoms with Crippen molar-refractivity contribution in [2.75, 3.05) is 0 Å². The molecule has 4 nitrogen and oxygen atoms in total. The van der Waals surface area contributed by atoms with Crippen LogP contribution in [0.25, 0.3) is 11.1 Å². The number of hydrogen-bond acceptors (Lipinski definition) is 2. The number of carboxylic acid groups (broad SMARTS) is 1. The van der Waals surface area contributed by atoms with E-state index in [4.69, 9.17) is 16.7 Å². The first-order chi connectivity index (χ1) is 12.5. The Morgan fingerprint density at radius 1 is 0.885 bits per heavy atom. The highest BCUT2D eigenvalue weighted by Crippen LogP contribution is 2.19. The topological polar surface area (TPSA) is 59.3 Å². The lowest BCUT2D eigenvalue weighted by Crippen LogP contribution is -2.19. The SMILES string of the molecule is O=C(O)CCc1ccc(-c2ccc(=O)n(Cc3ccc(Cl)cc3)c2)cc1. The van der Waals surface area contributed by atoms with Crippen molar-refractivity contribution in [3.8, 4) is 11.1 Å². The molecule has 0 spiro atoms. The van der Waals surface area contributed by atoms with Crippen molar-refractivity contribution >= 4 is 17.6 Å². The van der Waals surface area contributed by atoms with Crippen LogP contribution < -0.4 is 5.56 Å². The van der Waals surface area contributed by atoms with Gasteiger partial charge in [0, 0.05) is 23.7 Å². The quantitative estimate of drug-likeness (QED) is 0.709. The van der Waals surface area contributed by atoms with Crippen LogP contribution >= 0.6 is 11.6 Å². The number of pyridine rings is 1. The van der Waals surface area contributed by atoms with Crippen LogP contribution in [-0.4, -0.2) is 15.6 Å². The van der Waals surface area contributed by atoms with Crippen LogP contribution in [0.3, 0.4) is 0 Å². The van der Waals surface area contributed by atoms with Gasteiger partial charge in [-0.25, -0.2) is 0 Å². The van der Waals surface area contributed by atoms with Gasteiger partial charge in [-0.3, -0.25) is 9.59 Å². The monoisotopic (exact) mass is 367 g/mol. The molecule has 1 heterocycles. The van der Waals surface area contributed by atoms with Gasteiger partial charge in [0.1, 0.15) is 0 Å². The number of nitrogens with zero attached hydrogens (tertiary/aromatic N) is 1. The molecule has 3 aromatic rings. The third-order valence-electron chi connectivity index (χ3n) is 4.16. The molecule has 0 bridgehead atoms. The molecular formula is C21H18ClNO3. The number of benzene rings is 2. The van der Waals surface area contributed by atoms with Crippen LogP contribution in [0.4, 0.5) is 0 Å². The minimum absolute atomic E-state index is 0.0678. The average Bonchev–Trinajstić information content (AvgIpc) is 2.64. The minimum atomic E-state index is -0.802. The van der Waals surface area contributed by atoms with Gasteiger partial charge in [0.05, 0.1) is 6.54 Å². The van der Waals surface area contributed by atoms with E-state index < -0.39 is 5.97 Å². The molecule has 0 unspecified atom stereocenters. The van der Waals surface area contributed by atoms with E-state index in [9.17, 15) is 9.59 Å². The second-order valence-electron chi connectivity index (χ2n) is 6.10. The summed E-state index contributed by atoms with van der Waals surface area (Å²) in [7, 11) is 0. The van der Waals surface area contributed by atoms with Crippen LogP contribution in [0.5, 0.6) is 0 Å². The van der Waals surface area contributed by atoms with Gasteiger partial charge >= 0.3 is 5.97 Å². The molecule has 0 saturated heterocycles. The van der Waals surface area contributed by atoms with E-state index in [0.29, 0.717) is 18.0 Å². The first-order valence-corrected chi connectivity index (χ1v) is 8.65. The standard InChI is InChI=1S/C21H18ClNO3/c22-19-9-3-16(4-10-19)13-23-14-18(8-11-20(23)24)17-6-1-15(2-7-17)5-12-21(25)26/h1-4,6-11,14H,5,12-13H2,(H,25,26). The largest absolute Gasteiger partial charge is 0.481 e. The predicted octanol–water partition coefficient (Wildman–Crippen LogP) is 4.23. The van der Waals surface area contributed by atoms with Gasteiger partial charge in [-0.15, -0.1) is 0 Å². The average molecular weight is 368 g/mol. The van der Waals surface area contributed by atoms with Crippen molar-refractivity contribution in [3.63, 3.8) is 0 Å². The van der Waals surface area contributed by atoms with Gasteiger partial charge in [-0.1, -0.05) is 48.0 Å². The summed E-state index contributed by atoms with van der Waals surface area (Å²) in [6.45, 7) is 0.473. The summed E-state index contributed by atoms with van der Waals surface area (Å²) < 4.78 is 1.66. The fraction of sp³-hybridized carbons (Fsp3) is 0.143. The first kappa shape index (κ1) is 18.0. The molecule has 132 valence electrons. The second kappa shape index (κ2) is 8.02.